The SMILES string of the molecule is CN1CCC(NC(=O)c2cc(C(F)(F)F)cc(C(F)(F)F)c2)CC1. The molecule has 1 aromatic rings. The van der Waals surface area contributed by atoms with Crippen molar-refractivity contribution in [2.24, 2.45) is 0 Å². The smallest absolute Gasteiger partial charge is 0.349 e. The second-order valence-electron chi connectivity index (χ2n) is 5.85. The molecule has 0 aliphatic carbocycles. The summed E-state index contributed by atoms with van der Waals surface area (Å²) in [5.41, 5.74) is -3.63. The summed E-state index contributed by atoms with van der Waals surface area (Å²) in [4.78, 5) is 14.1. The highest BCUT2D eigenvalue weighted by Crippen LogP contribution is 2.36. The monoisotopic (exact) mass is 354 g/mol. The molecular weight excluding hydrogens is 338 g/mol. The van der Waals surface area contributed by atoms with E-state index < -0.39 is 35.0 Å². The zero-order chi connectivity index (χ0) is 18.1. The summed E-state index contributed by atoms with van der Waals surface area (Å²) >= 11 is 0. The van der Waals surface area contributed by atoms with E-state index in [4.69, 9.17) is 0 Å². The lowest BCUT2D eigenvalue weighted by Crippen LogP contribution is -2.43. The minimum Gasteiger partial charge on any atom is -0.349 e. The fraction of sp³-hybridized carbons (Fsp3) is 0.533. The second-order valence-corrected chi connectivity index (χ2v) is 5.85. The lowest BCUT2D eigenvalue weighted by atomic mass is 10.0. The molecule has 0 atom stereocenters. The van der Waals surface area contributed by atoms with E-state index in [1.165, 1.54) is 0 Å². The van der Waals surface area contributed by atoms with Gasteiger partial charge in [-0.2, -0.15) is 26.3 Å². The van der Waals surface area contributed by atoms with Crippen LogP contribution in [0.5, 0.6) is 0 Å². The summed E-state index contributed by atoms with van der Waals surface area (Å²) < 4.78 is 76.8. The first-order chi connectivity index (χ1) is 11.0. The first-order valence-corrected chi connectivity index (χ1v) is 7.25. The molecule has 134 valence electrons. The maximum Gasteiger partial charge on any atom is 0.416 e. The van der Waals surface area contributed by atoms with Crippen LogP contribution in [0.3, 0.4) is 0 Å². The zero-order valence-corrected chi connectivity index (χ0v) is 12.8. The summed E-state index contributed by atoms with van der Waals surface area (Å²) in [6.45, 7) is 1.39. The quantitative estimate of drug-likeness (QED) is 0.824. The number of rotatable bonds is 2. The largest absolute Gasteiger partial charge is 0.416 e. The number of benzene rings is 1. The van der Waals surface area contributed by atoms with Gasteiger partial charge in [-0.05, 0) is 51.2 Å². The molecule has 1 fully saturated rings. The van der Waals surface area contributed by atoms with Crippen molar-refractivity contribution >= 4 is 5.91 Å². The lowest BCUT2D eigenvalue weighted by Gasteiger charge is -2.29. The number of piperidine rings is 1. The molecule has 1 amide bonds. The Bertz CT molecular complexity index is 571. The van der Waals surface area contributed by atoms with Gasteiger partial charge in [0.25, 0.3) is 5.91 Å². The van der Waals surface area contributed by atoms with Crippen molar-refractivity contribution < 1.29 is 31.1 Å². The molecule has 9 heteroatoms. The van der Waals surface area contributed by atoms with Crippen LogP contribution in [0.1, 0.15) is 34.3 Å². The minimum atomic E-state index is -4.97. The molecule has 24 heavy (non-hydrogen) atoms. The van der Waals surface area contributed by atoms with Crippen molar-refractivity contribution in [3.63, 3.8) is 0 Å². The van der Waals surface area contributed by atoms with E-state index in [1.807, 2.05) is 11.9 Å². The van der Waals surface area contributed by atoms with Crippen molar-refractivity contribution in [2.45, 2.75) is 31.2 Å². The molecule has 0 aromatic heterocycles. The number of halogens is 6. The number of carbonyl (C=O) groups excluding carboxylic acids is 1. The van der Waals surface area contributed by atoms with Crippen molar-refractivity contribution in [2.75, 3.05) is 20.1 Å². The molecule has 1 aliphatic rings. The Morgan fingerprint density at radius 1 is 1.00 bits per heavy atom. The highest BCUT2D eigenvalue weighted by atomic mass is 19.4. The predicted octanol–water partition coefficient (Wildman–Crippen LogP) is 3.55. The molecule has 3 nitrogen and oxygen atoms in total. The van der Waals surface area contributed by atoms with Gasteiger partial charge in [0, 0.05) is 11.6 Å². The van der Waals surface area contributed by atoms with Gasteiger partial charge in [-0.1, -0.05) is 0 Å². The Balaban J connectivity index is 2.26. The first kappa shape index (κ1) is 18.6. The van der Waals surface area contributed by atoms with Crippen molar-refractivity contribution in [1.82, 2.24) is 10.2 Å². The first-order valence-electron chi connectivity index (χ1n) is 7.25. The van der Waals surface area contributed by atoms with Crippen molar-refractivity contribution in [3.05, 3.63) is 34.9 Å². The second kappa shape index (κ2) is 6.62. The number of amides is 1. The van der Waals surface area contributed by atoms with Gasteiger partial charge >= 0.3 is 12.4 Å². The molecular formula is C15H16F6N2O. The number of alkyl halides is 6. The molecule has 2 rings (SSSR count). The van der Waals surface area contributed by atoms with Crippen molar-refractivity contribution in [1.29, 1.82) is 0 Å². The molecule has 0 saturated carbocycles. The topological polar surface area (TPSA) is 32.3 Å². The number of likely N-dealkylation sites (tertiary alicyclic amines) is 1. The van der Waals surface area contributed by atoms with Gasteiger partial charge in [0.2, 0.25) is 0 Å². The molecule has 1 N–H and O–H groups in total. The number of nitrogens with zero attached hydrogens (tertiary/aromatic N) is 1. The summed E-state index contributed by atoms with van der Waals surface area (Å²) in [7, 11) is 1.89. The Kier molecular flexibility index (Phi) is 5.12. The molecule has 1 saturated heterocycles. The van der Waals surface area contributed by atoms with Gasteiger partial charge in [-0.3, -0.25) is 4.79 Å². The van der Waals surface area contributed by atoms with Gasteiger partial charge in [-0.25, -0.2) is 0 Å². The summed E-state index contributed by atoms with van der Waals surface area (Å²) in [5.74, 6) is -0.929. The van der Waals surface area contributed by atoms with Crippen LogP contribution in [0.25, 0.3) is 0 Å². The van der Waals surface area contributed by atoms with Gasteiger partial charge in [0.05, 0.1) is 11.1 Å². The van der Waals surface area contributed by atoms with Crippen LogP contribution < -0.4 is 5.32 Å². The summed E-state index contributed by atoms with van der Waals surface area (Å²) in [5, 5.41) is 2.51. The van der Waals surface area contributed by atoms with Crippen LogP contribution in [0, 0.1) is 0 Å². The number of hydrogen-bond donors (Lipinski definition) is 1. The van der Waals surface area contributed by atoms with Crippen LogP contribution in [0.2, 0.25) is 0 Å². The Labute approximate surface area is 134 Å². The maximum atomic E-state index is 12.8. The number of hydrogen-bond acceptors (Lipinski definition) is 2. The molecule has 0 spiro atoms. The van der Waals surface area contributed by atoms with Crippen molar-refractivity contribution in [3.8, 4) is 0 Å². The van der Waals surface area contributed by atoms with Gasteiger partial charge in [0.1, 0.15) is 0 Å². The van der Waals surface area contributed by atoms with Crippen LogP contribution in [-0.2, 0) is 12.4 Å². The molecule has 1 aliphatic heterocycles. The Morgan fingerprint density at radius 3 is 1.88 bits per heavy atom. The highest BCUT2D eigenvalue weighted by Gasteiger charge is 2.37. The molecule has 0 bridgehead atoms. The Hall–Kier alpha value is -1.77. The van der Waals surface area contributed by atoms with Gasteiger partial charge in [0.15, 0.2) is 0 Å². The number of nitrogens with one attached hydrogen (secondary N) is 1. The average Bonchev–Trinajstić information content (AvgIpc) is 2.47. The number of carbonyl (C=O) groups is 1. The Morgan fingerprint density at radius 2 is 1.46 bits per heavy atom. The van der Waals surface area contributed by atoms with E-state index in [9.17, 15) is 31.1 Å². The standard InChI is InChI=1S/C15H16F6N2O/c1-23-4-2-12(3-5-23)22-13(24)9-6-10(14(16,17)18)8-11(7-9)15(19,20)21/h6-8,12H,2-5H2,1H3,(H,22,24). The normalized spacial score (nSPS) is 17.8. The van der Waals surface area contributed by atoms with E-state index in [0.29, 0.717) is 38.1 Å². The van der Waals surface area contributed by atoms with Crippen LogP contribution >= 0.6 is 0 Å². The van der Waals surface area contributed by atoms with Crippen LogP contribution in [0.15, 0.2) is 18.2 Å². The predicted molar refractivity (Wildman–Crippen MR) is 74.4 cm³/mol. The molecule has 0 unspecified atom stereocenters. The van der Waals surface area contributed by atoms with Crippen LogP contribution in [0.4, 0.5) is 26.3 Å². The molecule has 0 radical (unpaired) electrons. The van der Waals surface area contributed by atoms with E-state index in [2.05, 4.69) is 5.32 Å². The minimum absolute atomic E-state index is 0.00630. The maximum absolute atomic E-state index is 12.8. The third-order valence-corrected chi connectivity index (χ3v) is 3.90. The van der Waals surface area contributed by atoms with Gasteiger partial charge < -0.3 is 10.2 Å². The highest BCUT2D eigenvalue weighted by molar-refractivity contribution is 5.94. The molecule has 1 heterocycles. The van der Waals surface area contributed by atoms with Gasteiger partial charge in [-0.15, -0.1) is 0 Å². The van der Waals surface area contributed by atoms with E-state index >= 15 is 0 Å². The molecule has 1 aromatic carbocycles. The third-order valence-electron chi connectivity index (χ3n) is 3.90. The average molecular weight is 354 g/mol. The summed E-state index contributed by atoms with van der Waals surface area (Å²) in [6, 6.07) is 0.628. The fourth-order valence-corrected chi connectivity index (χ4v) is 2.51. The lowest BCUT2D eigenvalue weighted by molar-refractivity contribution is -0.143. The zero-order valence-electron chi connectivity index (χ0n) is 12.8. The van der Waals surface area contributed by atoms with E-state index in [1.54, 1.807) is 0 Å². The fourth-order valence-electron chi connectivity index (χ4n) is 2.51. The van der Waals surface area contributed by atoms with E-state index in [-0.39, 0.29) is 12.1 Å². The summed E-state index contributed by atoms with van der Waals surface area (Å²) in [6.07, 6.45) is -8.76. The van der Waals surface area contributed by atoms with E-state index in [0.717, 1.165) is 0 Å². The third kappa shape index (κ3) is 4.62. The van der Waals surface area contributed by atoms with Crippen LogP contribution in [-0.4, -0.2) is 37.0 Å².